The molecule has 1 N–H and O–H groups in total. The predicted octanol–water partition coefficient (Wildman–Crippen LogP) is 3.71. The van der Waals surface area contributed by atoms with Gasteiger partial charge in [0.05, 0.1) is 6.57 Å². The smallest absolute Gasteiger partial charge is 0.188 e. The van der Waals surface area contributed by atoms with E-state index in [0.29, 0.717) is 5.69 Å². The van der Waals surface area contributed by atoms with E-state index in [4.69, 9.17) is 6.57 Å². The summed E-state index contributed by atoms with van der Waals surface area (Å²) in [4.78, 5) is 6.71. The number of H-pyrrole nitrogens is 1. The van der Waals surface area contributed by atoms with Crippen molar-refractivity contribution in [3.63, 3.8) is 0 Å². The average Bonchev–Trinajstić information content (AvgIpc) is 2.89. The number of rotatable bonds is 2. The molecule has 0 bridgehead atoms. The summed E-state index contributed by atoms with van der Waals surface area (Å²) >= 11 is 0. The predicted molar refractivity (Wildman–Crippen MR) is 81.1 cm³/mol. The summed E-state index contributed by atoms with van der Waals surface area (Å²) in [5.74, 6) is 0. The normalized spacial score (nSPS) is 11.0. The molecule has 3 heteroatoms. The van der Waals surface area contributed by atoms with Crippen LogP contribution in [0.25, 0.3) is 27.9 Å². The monoisotopic (exact) mass is 260 g/mol. The highest BCUT2D eigenvalue weighted by molar-refractivity contribution is 5.93. The Kier molecular flexibility index (Phi) is 3.06. The van der Waals surface area contributed by atoms with E-state index >= 15 is 0 Å². The van der Waals surface area contributed by atoms with Gasteiger partial charge in [-0.2, -0.15) is 0 Å². The van der Waals surface area contributed by atoms with Crippen molar-refractivity contribution < 1.29 is 4.57 Å². The van der Waals surface area contributed by atoms with Gasteiger partial charge in [0.1, 0.15) is 7.05 Å². The molecule has 2 heterocycles. The fraction of sp³-hybridized carbons (Fsp3) is 0.0588. The first-order chi connectivity index (χ1) is 9.76. The molecule has 0 saturated carbocycles. The lowest BCUT2D eigenvalue weighted by atomic mass is 10.1. The molecule has 0 spiro atoms. The third kappa shape index (κ3) is 2.32. The quantitative estimate of drug-likeness (QED) is 0.536. The van der Waals surface area contributed by atoms with E-state index in [-0.39, 0.29) is 0 Å². The number of hydrogen-bond donors (Lipinski definition) is 1. The number of aromatic nitrogens is 2. The number of hydrogen-bond acceptors (Lipinski definition) is 0. The molecule has 0 amide bonds. The summed E-state index contributed by atoms with van der Waals surface area (Å²) in [6, 6.07) is 9.83. The van der Waals surface area contributed by atoms with Crippen LogP contribution < -0.4 is 4.57 Å². The number of benzene rings is 1. The summed E-state index contributed by atoms with van der Waals surface area (Å²) in [5, 5.41) is 1.08. The molecule has 0 aliphatic heterocycles. The Morgan fingerprint density at radius 3 is 2.70 bits per heavy atom. The minimum absolute atomic E-state index is 0.665. The van der Waals surface area contributed by atoms with Crippen LogP contribution >= 0.6 is 0 Å². The van der Waals surface area contributed by atoms with Crippen molar-refractivity contribution in [2.45, 2.75) is 0 Å². The molecular formula is C17H14N3+. The zero-order valence-corrected chi connectivity index (χ0v) is 11.2. The van der Waals surface area contributed by atoms with E-state index < -0.39 is 0 Å². The van der Waals surface area contributed by atoms with E-state index in [1.165, 1.54) is 0 Å². The van der Waals surface area contributed by atoms with Crippen molar-refractivity contribution in [2.75, 3.05) is 0 Å². The van der Waals surface area contributed by atoms with Crippen molar-refractivity contribution in [3.8, 4) is 0 Å². The largest absolute Gasteiger partial charge is 0.361 e. The van der Waals surface area contributed by atoms with Gasteiger partial charge in [-0.15, -0.1) is 0 Å². The molecule has 0 radical (unpaired) electrons. The number of fused-ring (bicyclic) bond motifs is 1. The van der Waals surface area contributed by atoms with E-state index in [1.54, 1.807) is 0 Å². The summed E-state index contributed by atoms with van der Waals surface area (Å²) < 4.78 is 2.01. The zero-order valence-electron chi connectivity index (χ0n) is 11.2. The first kappa shape index (κ1) is 12.2. The molecule has 0 fully saturated rings. The second-order valence-corrected chi connectivity index (χ2v) is 4.72. The van der Waals surface area contributed by atoms with Gasteiger partial charge in [0.25, 0.3) is 0 Å². The van der Waals surface area contributed by atoms with E-state index in [2.05, 4.69) is 34.1 Å². The molecule has 3 rings (SSSR count). The standard InChI is InChI=1S/C17H13N3/c1-18-15-5-6-17-16(11-15)14(12-19-17)4-3-13-7-9-20(2)10-8-13/h3-12H,2H3/p+1. The van der Waals surface area contributed by atoms with Crippen LogP contribution in [0.5, 0.6) is 0 Å². The SMILES string of the molecule is [C-]#[N+]c1ccc2[nH]cc(/C=C/c3cc[n+](C)cc3)c2c1. The molecular weight excluding hydrogens is 246 g/mol. The lowest BCUT2D eigenvalue weighted by Crippen LogP contribution is -2.25. The Morgan fingerprint density at radius 2 is 1.95 bits per heavy atom. The first-order valence-corrected chi connectivity index (χ1v) is 6.38. The van der Waals surface area contributed by atoms with Crippen molar-refractivity contribution in [2.24, 2.45) is 7.05 Å². The lowest BCUT2D eigenvalue weighted by Gasteiger charge is -1.94. The van der Waals surface area contributed by atoms with Gasteiger partial charge in [-0.1, -0.05) is 18.2 Å². The minimum Gasteiger partial charge on any atom is -0.361 e. The molecule has 3 nitrogen and oxygen atoms in total. The molecule has 0 saturated heterocycles. The third-order valence-corrected chi connectivity index (χ3v) is 3.29. The maximum Gasteiger partial charge on any atom is 0.188 e. The van der Waals surface area contributed by atoms with E-state index in [1.807, 2.05) is 48.4 Å². The molecule has 0 aliphatic rings. The van der Waals surface area contributed by atoms with Gasteiger partial charge in [-0.05, 0) is 28.6 Å². The number of nitrogens with zero attached hydrogens (tertiary/aromatic N) is 2. The van der Waals surface area contributed by atoms with Gasteiger partial charge in [0.2, 0.25) is 0 Å². The van der Waals surface area contributed by atoms with Crippen molar-refractivity contribution in [1.29, 1.82) is 0 Å². The Hall–Kier alpha value is -2.86. The highest BCUT2D eigenvalue weighted by Gasteiger charge is 2.02. The molecule has 1 aromatic carbocycles. The van der Waals surface area contributed by atoms with Gasteiger partial charge >= 0.3 is 0 Å². The maximum atomic E-state index is 7.09. The molecule has 96 valence electrons. The third-order valence-electron chi connectivity index (χ3n) is 3.29. The second kappa shape index (κ2) is 5.02. The van der Waals surface area contributed by atoms with Crippen molar-refractivity contribution in [1.82, 2.24) is 4.98 Å². The topological polar surface area (TPSA) is 24.0 Å². The molecule has 20 heavy (non-hydrogen) atoms. The lowest BCUT2D eigenvalue weighted by molar-refractivity contribution is -0.671. The Labute approximate surface area is 117 Å². The Morgan fingerprint density at radius 1 is 1.15 bits per heavy atom. The van der Waals surface area contributed by atoms with Crippen LogP contribution in [0.15, 0.2) is 48.9 Å². The summed E-state index contributed by atoms with van der Waals surface area (Å²) in [6.45, 7) is 7.09. The molecule has 0 unspecified atom stereocenters. The first-order valence-electron chi connectivity index (χ1n) is 6.38. The highest BCUT2D eigenvalue weighted by atomic mass is 14.9. The van der Waals surface area contributed by atoms with Crippen LogP contribution in [0.2, 0.25) is 0 Å². The van der Waals surface area contributed by atoms with Gasteiger partial charge < -0.3 is 4.98 Å². The minimum atomic E-state index is 0.665. The number of nitrogens with one attached hydrogen (secondary N) is 1. The van der Waals surface area contributed by atoms with Crippen molar-refractivity contribution in [3.05, 3.63) is 71.5 Å². The Bertz CT molecular complexity index is 818. The second-order valence-electron chi connectivity index (χ2n) is 4.72. The molecule has 2 aromatic heterocycles. The maximum absolute atomic E-state index is 7.09. The van der Waals surface area contributed by atoms with Gasteiger partial charge in [0.15, 0.2) is 18.1 Å². The fourth-order valence-corrected chi connectivity index (χ4v) is 2.15. The van der Waals surface area contributed by atoms with Crippen molar-refractivity contribution >= 4 is 28.7 Å². The molecule has 0 atom stereocenters. The van der Waals surface area contributed by atoms with E-state index in [0.717, 1.165) is 22.0 Å². The zero-order chi connectivity index (χ0) is 13.9. The van der Waals surface area contributed by atoms with Gasteiger partial charge in [-0.3, -0.25) is 0 Å². The summed E-state index contributed by atoms with van der Waals surface area (Å²) in [7, 11) is 2.00. The molecule has 0 aliphatic carbocycles. The van der Waals surface area contributed by atoms with Crippen LogP contribution in [0.3, 0.4) is 0 Å². The number of pyridine rings is 1. The number of aryl methyl sites for hydroxylation is 1. The van der Waals surface area contributed by atoms with Crippen LogP contribution in [-0.4, -0.2) is 4.98 Å². The van der Waals surface area contributed by atoms with Crippen LogP contribution in [0, 0.1) is 6.57 Å². The van der Waals surface area contributed by atoms with Crippen LogP contribution in [0.4, 0.5) is 5.69 Å². The van der Waals surface area contributed by atoms with E-state index in [9.17, 15) is 0 Å². The summed E-state index contributed by atoms with van der Waals surface area (Å²) in [5.41, 5.74) is 3.97. The number of aromatic amines is 1. The van der Waals surface area contributed by atoms with Gasteiger partial charge in [-0.25, -0.2) is 9.41 Å². The fourth-order valence-electron chi connectivity index (χ4n) is 2.15. The average molecular weight is 260 g/mol. The Balaban J connectivity index is 1.98. The van der Waals surface area contributed by atoms with Crippen LogP contribution in [-0.2, 0) is 7.05 Å². The molecule has 3 aromatic rings. The highest BCUT2D eigenvalue weighted by Crippen LogP contribution is 2.25. The van der Waals surface area contributed by atoms with Crippen LogP contribution in [0.1, 0.15) is 11.1 Å². The van der Waals surface area contributed by atoms with Gasteiger partial charge in [0, 0.05) is 23.8 Å². The summed E-state index contributed by atoms with van der Waals surface area (Å²) in [6.07, 6.45) is 10.2.